The van der Waals surface area contributed by atoms with E-state index >= 15 is 0 Å². The van der Waals surface area contributed by atoms with Crippen molar-refractivity contribution >= 4 is 11.0 Å². The molecule has 5 aromatic rings. The number of alkyl halides is 3. The summed E-state index contributed by atoms with van der Waals surface area (Å²) in [5, 5.41) is 8.96. The molecule has 0 radical (unpaired) electrons. The molecular formula is C27H25F3N8O3. The van der Waals surface area contributed by atoms with Gasteiger partial charge in [0.15, 0.2) is 17.2 Å². The van der Waals surface area contributed by atoms with Crippen molar-refractivity contribution in [2.75, 3.05) is 27.4 Å². The van der Waals surface area contributed by atoms with Crippen LogP contribution in [-0.2, 0) is 17.5 Å². The maximum Gasteiger partial charge on any atom is 0.435 e. The molecule has 6 rings (SSSR count). The molecule has 0 amide bonds. The number of halogens is 3. The zero-order chi connectivity index (χ0) is 28.6. The lowest BCUT2D eigenvalue weighted by molar-refractivity contribution is -0.141. The van der Waals surface area contributed by atoms with E-state index in [2.05, 4.69) is 25.1 Å². The summed E-state index contributed by atoms with van der Waals surface area (Å²) >= 11 is 0. The molecule has 41 heavy (non-hydrogen) atoms. The van der Waals surface area contributed by atoms with E-state index in [1.807, 2.05) is 0 Å². The third kappa shape index (κ3) is 5.42. The minimum atomic E-state index is -4.61. The van der Waals surface area contributed by atoms with Gasteiger partial charge in [-0.3, -0.25) is 0 Å². The van der Waals surface area contributed by atoms with Gasteiger partial charge < -0.3 is 14.2 Å². The van der Waals surface area contributed by atoms with E-state index in [4.69, 9.17) is 19.2 Å². The Morgan fingerprint density at radius 2 is 1.80 bits per heavy atom. The molecule has 0 unspecified atom stereocenters. The van der Waals surface area contributed by atoms with Crippen LogP contribution < -0.4 is 9.47 Å². The molecule has 0 spiro atoms. The van der Waals surface area contributed by atoms with Crippen LogP contribution in [-0.4, -0.2) is 66.9 Å². The molecule has 11 nitrogen and oxygen atoms in total. The number of hydrogen-bond acceptors (Lipinski definition) is 9. The first-order chi connectivity index (χ1) is 19.9. The number of fused-ring (bicyclic) bond motifs is 1. The van der Waals surface area contributed by atoms with E-state index in [1.165, 1.54) is 13.4 Å². The zero-order valence-corrected chi connectivity index (χ0v) is 22.2. The van der Waals surface area contributed by atoms with E-state index in [0.29, 0.717) is 41.1 Å². The van der Waals surface area contributed by atoms with Crippen molar-refractivity contribution in [2.45, 2.75) is 31.5 Å². The molecule has 0 bridgehead atoms. The van der Waals surface area contributed by atoms with Crippen LogP contribution in [0.4, 0.5) is 13.2 Å². The van der Waals surface area contributed by atoms with E-state index in [1.54, 1.807) is 48.5 Å². The topological polar surface area (TPSA) is 115 Å². The minimum absolute atomic E-state index is 0.0321. The number of hydrogen-bond donors (Lipinski definition) is 0. The molecule has 0 atom stereocenters. The number of nitrogens with zero attached hydrogens (tertiary/aromatic N) is 8. The lowest BCUT2D eigenvalue weighted by Crippen LogP contribution is -2.09. The standard InChI is InChI=1S/C27H25F3N8O3/c1-39-9-10-41-21-11-20(27(28,29)30)36-38(21)19-7-3-16(4-8-19)14-37-25-18(13-34-37)12-31-24(35-25)22-23(17-5-6-17)32-15-33-26(22)40-2/h3-4,7-8,11-13,15,17H,5-6,9-10,14H2,1-2H3. The smallest absolute Gasteiger partial charge is 0.435 e. The average Bonchev–Trinajstić information content (AvgIpc) is 3.61. The van der Waals surface area contributed by atoms with E-state index in [0.717, 1.165) is 40.2 Å². The molecule has 1 aliphatic carbocycles. The highest BCUT2D eigenvalue weighted by atomic mass is 19.4. The third-order valence-corrected chi connectivity index (χ3v) is 6.62. The van der Waals surface area contributed by atoms with Crippen LogP contribution in [0.1, 0.15) is 35.7 Å². The van der Waals surface area contributed by atoms with Gasteiger partial charge in [-0.1, -0.05) is 12.1 Å². The Balaban J connectivity index is 1.29. The van der Waals surface area contributed by atoms with Crippen molar-refractivity contribution in [3.05, 3.63) is 66.0 Å². The van der Waals surface area contributed by atoms with Gasteiger partial charge in [-0.2, -0.15) is 23.4 Å². The number of benzene rings is 1. The first kappa shape index (κ1) is 26.6. The van der Waals surface area contributed by atoms with Crippen LogP contribution in [0.5, 0.6) is 11.8 Å². The van der Waals surface area contributed by atoms with Crippen molar-refractivity contribution in [1.29, 1.82) is 0 Å². The largest absolute Gasteiger partial charge is 0.480 e. The highest BCUT2D eigenvalue weighted by Gasteiger charge is 2.36. The fourth-order valence-corrected chi connectivity index (χ4v) is 4.45. The Morgan fingerprint density at radius 1 is 1.00 bits per heavy atom. The van der Waals surface area contributed by atoms with Gasteiger partial charge in [-0.05, 0) is 30.5 Å². The highest BCUT2D eigenvalue weighted by Crippen LogP contribution is 2.44. The van der Waals surface area contributed by atoms with Gasteiger partial charge in [-0.15, -0.1) is 0 Å². The first-order valence-corrected chi connectivity index (χ1v) is 12.8. The van der Waals surface area contributed by atoms with Crippen LogP contribution in [0.2, 0.25) is 0 Å². The summed E-state index contributed by atoms with van der Waals surface area (Å²) in [6.45, 7) is 0.666. The molecule has 0 N–H and O–H groups in total. The van der Waals surface area contributed by atoms with Gasteiger partial charge in [0.1, 0.15) is 18.5 Å². The summed E-state index contributed by atoms with van der Waals surface area (Å²) in [6.07, 6.45) is 2.35. The van der Waals surface area contributed by atoms with Crippen LogP contribution >= 0.6 is 0 Å². The number of rotatable bonds is 10. The van der Waals surface area contributed by atoms with E-state index in [9.17, 15) is 13.2 Å². The third-order valence-electron chi connectivity index (χ3n) is 6.62. The Hall–Kier alpha value is -4.59. The molecule has 1 fully saturated rings. The van der Waals surface area contributed by atoms with Crippen LogP contribution in [0, 0.1) is 0 Å². The summed E-state index contributed by atoms with van der Waals surface area (Å²) < 4.78 is 58.8. The molecule has 0 saturated heterocycles. The van der Waals surface area contributed by atoms with Crippen molar-refractivity contribution < 1.29 is 27.4 Å². The fraction of sp³-hybridized carbons (Fsp3) is 0.333. The molecular weight excluding hydrogens is 541 g/mol. The molecule has 1 aromatic carbocycles. The van der Waals surface area contributed by atoms with Gasteiger partial charge in [-0.25, -0.2) is 29.3 Å². The molecule has 1 aliphatic rings. The van der Waals surface area contributed by atoms with Crippen molar-refractivity contribution in [3.63, 3.8) is 0 Å². The Kier molecular flexibility index (Phi) is 6.99. The number of aromatic nitrogens is 8. The zero-order valence-electron chi connectivity index (χ0n) is 22.2. The summed E-state index contributed by atoms with van der Waals surface area (Å²) in [5.41, 5.74) is 2.38. The second-order valence-corrected chi connectivity index (χ2v) is 9.48. The first-order valence-electron chi connectivity index (χ1n) is 12.8. The molecule has 4 aromatic heterocycles. The molecule has 4 heterocycles. The van der Waals surface area contributed by atoms with Gasteiger partial charge >= 0.3 is 6.18 Å². The predicted octanol–water partition coefficient (Wildman–Crippen LogP) is 4.45. The number of ether oxygens (including phenoxy) is 3. The van der Waals surface area contributed by atoms with Crippen molar-refractivity contribution in [2.24, 2.45) is 0 Å². The highest BCUT2D eigenvalue weighted by molar-refractivity contribution is 5.77. The van der Waals surface area contributed by atoms with Gasteiger partial charge in [0.25, 0.3) is 0 Å². The van der Waals surface area contributed by atoms with Gasteiger partial charge in [0, 0.05) is 25.3 Å². The van der Waals surface area contributed by atoms with Gasteiger partial charge in [0.2, 0.25) is 11.8 Å². The van der Waals surface area contributed by atoms with E-state index in [-0.39, 0.29) is 19.1 Å². The fourth-order valence-electron chi connectivity index (χ4n) is 4.45. The second kappa shape index (κ2) is 10.8. The van der Waals surface area contributed by atoms with Crippen LogP contribution in [0.3, 0.4) is 0 Å². The maximum absolute atomic E-state index is 13.3. The van der Waals surface area contributed by atoms with Crippen LogP contribution in [0.25, 0.3) is 28.1 Å². The molecule has 0 aliphatic heterocycles. The molecule has 212 valence electrons. The summed E-state index contributed by atoms with van der Waals surface area (Å²) in [6, 6.07) is 7.80. The second-order valence-electron chi connectivity index (χ2n) is 9.48. The lowest BCUT2D eigenvalue weighted by atomic mass is 10.1. The Labute approximate surface area is 231 Å². The Bertz CT molecular complexity index is 1680. The normalized spacial score (nSPS) is 13.6. The van der Waals surface area contributed by atoms with Crippen LogP contribution in [0.15, 0.2) is 49.1 Å². The van der Waals surface area contributed by atoms with Crippen molar-refractivity contribution in [1.82, 2.24) is 39.5 Å². The van der Waals surface area contributed by atoms with E-state index < -0.39 is 11.9 Å². The minimum Gasteiger partial charge on any atom is -0.480 e. The summed E-state index contributed by atoms with van der Waals surface area (Å²) in [7, 11) is 3.03. The Morgan fingerprint density at radius 3 is 2.51 bits per heavy atom. The lowest BCUT2D eigenvalue weighted by Gasteiger charge is -2.11. The monoisotopic (exact) mass is 566 g/mol. The summed E-state index contributed by atoms with van der Waals surface area (Å²) in [4.78, 5) is 18.1. The average molecular weight is 567 g/mol. The molecule has 14 heteroatoms. The molecule has 1 saturated carbocycles. The number of methoxy groups -OCH3 is 2. The van der Waals surface area contributed by atoms with Gasteiger partial charge in [0.05, 0.1) is 43.2 Å². The van der Waals surface area contributed by atoms with Crippen molar-refractivity contribution in [3.8, 4) is 28.8 Å². The maximum atomic E-state index is 13.3. The summed E-state index contributed by atoms with van der Waals surface area (Å²) in [5.74, 6) is 1.17. The quantitative estimate of drug-likeness (QED) is 0.226. The predicted molar refractivity (Wildman–Crippen MR) is 140 cm³/mol. The SMILES string of the molecule is COCCOc1cc(C(F)(F)F)nn1-c1ccc(Cn2ncc3cnc(-c4c(OC)ncnc4C4CC4)nc32)cc1.